The molecule has 0 bridgehead atoms. The Labute approximate surface area is 73.3 Å². The van der Waals surface area contributed by atoms with Crippen LogP contribution in [0.1, 0.15) is 39.0 Å². The molecule has 2 nitrogen and oxygen atoms in total. The second-order valence-corrected chi connectivity index (χ2v) is 3.28. The third-order valence-corrected chi connectivity index (χ3v) is 2.24. The van der Waals surface area contributed by atoms with Crippen molar-refractivity contribution in [1.29, 1.82) is 0 Å². The highest BCUT2D eigenvalue weighted by Gasteiger charge is 2.21. The summed E-state index contributed by atoms with van der Waals surface area (Å²) in [4.78, 5) is 11.4. The first-order chi connectivity index (χ1) is 5.75. The first-order valence-corrected chi connectivity index (χ1v) is 4.67. The third kappa shape index (κ3) is 2.18. The van der Waals surface area contributed by atoms with Crippen molar-refractivity contribution >= 4 is 5.78 Å². The van der Waals surface area contributed by atoms with E-state index in [4.69, 9.17) is 0 Å². The van der Waals surface area contributed by atoms with Crippen LogP contribution in [0.2, 0.25) is 0 Å². The van der Waals surface area contributed by atoms with Gasteiger partial charge < -0.3 is 5.11 Å². The molecule has 0 saturated heterocycles. The van der Waals surface area contributed by atoms with Crippen molar-refractivity contribution in [1.82, 2.24) is 0 Å². The average Bonchev–Trinajstić information content (AvgIpc) is 2.47. The molecule has 1 unspecified atom stereocenters. The van der Waals surface area contributed by atoms with Crippen LogP contribution in [0.15, 0.2) is 11.6 Å². The first kappa shape index (κ1) is 9.46. The van der Waals surface area contributed by atoms with Gasteiger partial charge in [-0.15, -0.1) is 0 Å². The Morgan fingerprint density at radius 3 is 3.00 bits per heavy atom. The van der Waals surface area contributed by atoms with E-state index in [0.29, 0.717) is 12.0 Å². The second kappa shape index (κ2) is 4.41. The molecule has 12 heavy (non-hydrogen) atoms. The molecule has 1 N–H and O–H groups in total. The summed E-state index contributed by atoms with van der Waals surface area (Å²) in [5.41, 5.74) is 0.656. The lowest BCUT2D eigenvalue weighted by molar-refractivity contribution is -0.116. The van der Waals surface area contributed by atoms with E-state index in [1.807, 2.05) is 6.08 Å². The lowest BCUT2D eigenvalue weighted by Gasteiger charge is -2.05. The minimum absolute atomic E-state index is 0.141. The number of carbonyl (C=O) groups excluding carboxylic acids is 1. The maximum atomic E-state index is 11.4. The molecule has 68 valence electrons. The monoisotopic (exact) mass is 168 g/mol. The summed E-state index contributed by atoms with van der Waals surface area (Å²) in [6.45, 7) is 2.06. The largest absolute Gasteiger partial charge is 0.388 e. The van der Waals surface area contributed by atoms with Crippen molar-refractivity contribution in [2.75, 3.05) is 0 Å². The number of hydrogen-bond donors (Lipinski definition) is 1. The zero-order chi connectivity index (χ0) is 8.97. The molecular formula is C10H16O2. The number of Topliss-reactive ketones (excluding diaryl/α,β-unsaturated/α-hetero) is 1. The highest BCUT2D eigenvalue weighted by atomic mass is 16.3. The smallest absolute Gasteiger partial charge is 0.161 e. The summed E-state index contributed by atoms with van der Waals surface area (Å²) in [7, 11) is 0. The maximum absolute atomic E-state index is 11.4. The standard InChI is InChI=1S/C10H16O2/c1-2-3-6-9(11)8-5-4-7-10(8)12/h5,10,12H,2-4,6-7H2,1H3. The van der Waals surface area contributed by atoms with Gasteiger partial charge in [-0.3, -0.25) is 4.79 Å². The Hall–Kier alpha value is -0.630. The molecule has 1 aliphatic rings. The van der Waals surface area contributed by atoms with Crippen LogP contribution in [0.25, 0.3) is 0 Å². The van der Waals surface area contributed by atoms with Crippen molar-refractivity contribution < 1.29 is 9.90 Å². The molecular weight excluding hydrogens is 152 g/mol. The highest BCUT2D eigenvalue weighted by Crippen LogP contribution is 2.20. The van der Waals surface area contributed by atoms with Crippen molar-refractivity contribution in [3.05, 3.63) is 11.6 Å². The second-order valence-electron chi connectivity index (χ2n) is 3.28. The number of ketones is 1. The van der Waals surface area contributed by atoms with Crippen LogP contribution in [0, 0.1) is 0 Å². The number of aliphatic hydroxyl groups is 1. The van der Waals surface area contributed by atoms with Crippen molar-refractivity contribution in [3.63, 3.8) is 0 Å². The molecule has 2 heteroatoms. The van der Waals surface area contributed by atoms with Crippen LogP contribution in [-0.2, 0) is 4.79 Å². The van der Waals surface area contributed by atoms with Gasteiger partial charge in [0.1, 0.15) is 0 Å². The molecule has 0 heterocycles. The zero-order valence-electron chi connectivity index (χ0n) is 7.55. The number of unbranched alkanes of at least 4 members (excludes halogenated alkanes) is 1. The van der Waals surface area contributed by atoms with E-state index in [2.05, 4.69) is 6.92 Å². The van der Waals surface area contributed by atoms with E-state index in [9.17, 15) is 9.90 Å². The fourth-order valence-electron chi connectivity index (χ4n) is 1.47. The maximum Gasteiger partial charge on any atom is 0.161 e. The predicted octanol–water partition coefficient (Wildman–Crippen LogP) is 1.83. The van der Waals surface area contributed by atoms with Crippen LogP contribution in [0.3, 0.4) is 0 Å². The van der Waals surface area contributed by atoms with Crippen LogP contribution in [0.4, 0.5) is 0 Å². The van der Waals surface area contributed by atoms with Crippen molar-refractivity contribution in [3.8, 4) is 0 Å². The zero-order valence-corrected chi connectivity index (χ0v) is 7.55. The van der Waals surface area contributed by atoms with Gasteiger partial charge in [0.15, 0.2) is 5.78 Å². The molecule has 0 aromatic heterocycles. The molecule has 0 fully saturated rings. The van der Waals surface area contributed by atoms with E-state index in [1.165, 1.54) is 0 Å². The van der Waals surface area contributed by atoms with Crippen molar-refractivity contribution in [2.24, 2.45) is 0 Å². The van der Waals surface area contributed by atoms with Gasteiger partial charge in [0.05, 0.1) is 6.10 Å². The molecule has 1 aliphatic carbocycles. The van der Waals surface area contributed by atoms with E-state index < -0.39 is 6.10 Å². The van der Waals surface area contributed by atoms with Gasteiger partial charge >= 0.3 is 0 Å². The average molecular weight is 168 g/mol. The fourth-order valence-corrected chi connectivity index (χ4v) is 1.47. The SMILES string of the molecule is CCCCC(=O)C1=CCCC1O. The third-order valence-electron chi connectivity index (χ3n) is 2.24. The molecule has 0 amide bonds. The summed E-state index contributed by atoms with van der Waals surface area (Å²) >= 11 is 0. The molecule has 0 spiro atoms. The number of hydrogen-bond acceptors (Lipinski definition) is 2. The highest BCUT2D eigenvalue weighted by molar-refractivity contribution is 5.96. The minimum atomic E-state index is -0.477. The van der Waals surface area contributed by atoms with E-state index in [0.717, 1.165) is 25.7 Å². The molecule has 0 saturated carbocycles. The minimum Gasteiger partial charge on any atom is -0.388 e. The number of carbonyl (C=O) groups is 1. The lowest BCUT2D eigenvalue weighted by atomic mass is 10.0. The van der Waals surface area contributed by atoms with Gasteiger partial charge in [-0.25, -0.2) is 0 Å². The molecule has 0 radical (unpaired) electrons. The summed E-state index contributed by atoms with van der Waals surface area (Å²) in [5.74, 6) is 0.141. The van der Waals surface area contributed by atoms with E-state index in [1.54, 1.807) is 0 Å². The molecule has 0 aromatic rings. The summed E-state index contributed by atoms with van der Waals surface area (Å²) in [6.07, 6.45) is 5.55. The molecule has 1 rings (SSSR count). The Morgan fingerprint density at radius 1 is 1.75 bits per heavy atom. The fraction of sp³-hybridized carbons (Fsp3) is 0.700. The van der Waals surface area contributed by atoms with Crippen LogP contribution < -0.4 is 0 Å². The van der Waals surface area contributed by atoms with Gasteiger partial charge in [-0.05, 0) is 19.3 Å². The van der Waals surface area contributed by atoms with Gasteiger partial charge in [0.25, 0.3) is 0 Å². The first-order valence-electron chi connectivity index (χ1n) is 4.67. The lowest BCUT2D eigenvalue weighted by Crippen LogP contribution is -2.13. The van der Waals surface area contributed by atoms with Gasteiger partial charge in [0.2, 0.25) is 0 Å². The number of rotatable bonds is 4. The van der Waals surface area contributed by atoms with E-state index in [-0.39, 0.29) is 5.78 Å². The molecule has 0 aromatic carbocycles. The van der Waals surface area contributed by atoms with Crippen LogP contribution >= 0.6 is 0 Å². The Morgan fingerprint density at radius 2 is 2.50 bits per heavy atom. The molecule has 1 atom stereocenters. The van der Waals surface area contributed by atoms with Gasteiger partial charge in [-0.2, -0.15) is 0 Å². The number of aliphatic hydroxyl groups excluding tert-OH is 1. The Bertz CT molecular complexity index is 194. The van der Waals surface area contributed by atoms with Crippen molar-refractivity contribution in [2.45, 2.75) is 45.1 Å². The van der Waals surface area contributed by atoms with Crippen LogP contribution in [-0.4, -0.2) is 17.0 Å². The molecule has 0 aliphatic heterocycles. The summed E-state index contributed by atoms with van der Waals surface area (Å²) < 4.78 is 0. The summed E-state index contributed by atoms with van der Waals surface area (Å²) in [5, 5.41) is 9.37. The number of allylic oxidation sites excluding steroid dienone is 1. The Balaban J connectivity index is 2.41. The van der Waals surface area contributed by atoms with Gasteiger partial charge in [-0.1, -0.05) is 19.4 Å². The van der Waals surface area contributed by atoms with Gasteiger partial charge in [0, 0.05) is 12.0 Å². The Kier molecular flexibility index (Phi) is 3.48. The van der Waals surface area contributed by atoms with Crippen LogP contribution in [0.5, 0.6) is 0 Å². The summed E-state index contributed by atoms with van der Waals surface area (Å²) in [6, 6.07) is 0. The van der Waals surface area contributed by atoms with E-state index >= 15 is 0 Å². The normalized spacial score (nSPS) is 22.5. The predicted molar refractivity (Wildman–Crippen MR) is 47.9 cm³/mol. The quantitative estimate of drug-likeness (QED) is 0.695. The topological polar surface area (TPSA) is 37.3 Å².